The zero-order chi connectivity index (χ0) is 22.6. The van der Waals surface area contributed by atoms with Crippen molar-refractivity contribution in [1.82, 2.24) is 16.0 Å². The third-order valence-corrected chi connectivity index (χ3v) is 4.65. The van der Waals surface area contributed by atoms with Gasteiger partial charge in [0.1, 0.15) is 18.1 Å². The summed E-state index contributed by atoms with van der Waals surface area (Å²) >= 11 is 0. The van der Waals surface area contributed by atoms with E-state index in [0.29, 0.717) is 43.5 Å². The van der Waals surface area contributed by atoms with Crippen molar-refractivity contribution in [1.29, 1.82) is 0 Å². The number of nitrogens with one attached hydrogen (secondary N) is 3. The molecule has 0 spiro atoms. The first-order valence-corrected chi connectivity index (χ1v) is 10.3. The number of carbonyl (C=O) groups excluding carboxylic acids is 1. The fourth-order valence-corrected chi connectivity index (χ4v) is 3.03. The molecule has 0 saturated carbocycles. The fraction of sp³-hybridized carbons (Fsp3) is 0.200. The van der Waals surface area contributed by atoms with Gasteiger partial charge in [0.25, 0.3) is 5.91 Å². The van der Waals surface area contributed by atoms with Crippen molar-refractivity contribution in [3.05, 3.63) is 102 Å². The van der Waals surface area contributed by atoms with Crippen molar-refractivity contribution in [3.8, 4) is 5.75 Å². The van der Waals surface area contributed by atoms with Crippen LogP contribution in [0.3, 0.4) is 0 Å². The Bertz CT molecular complexity index is 1040. The van der Waals surface area contributed by atoms with Gasteiger partial charge >= 0.3 is 0 Å². The van der Waals surface area contributed by atoms with Gasteiger partial charge in [-0.2, -0.15) is 0 Å². The number of para-hydroxylation sites is 1. The lowest BCUT2D eigenvalue weighted by Gasteiger charge is -2.14. The molecule has 166 valence electrons. The number of hydrogen-bond donors (Lipinski definition) is 3. The van der Waals surface area contributed by atoms with Gasteiger partial charge in [0, 0.05) is 31.3 Å². The maximum absolute atomic E-state index is 12.4. The second-order valence-corrected chi connectivity index (χ2v) is 6.95. The highest BCUT2D eigenvalue weighted by atomic mass is 16.5. The number of ether oxygens (including phenoxy) is 1. The summed E-state index contributed by atoms with van der Waals surface area (Å²) in [5.74, 6) is 2.02. The minimum atomic E-state index is -0.151. The maximum Gasteiger partial charge on any atom is 0.251 e. The van der Waals surface area contributed by atoms with E-state index >= 15 is 0 Å². The number of benzene rings is 2. The molecular weight excluding hydrogens is 404 g/mol. The highest BCUT2D eigenvalue weighted by Crippen LogP contribution is 2.17. The lowest BCUT2D eigenvalue weighted by Crippen LogP contribution is -2.36. The van der Waals surface area contributed by atoms with E-state index in [4.69, 9.17) is 9.15 Å². The molecular formula is C25H28N4O3. The maximum atomic E-state index is 12.4. The van der Waals surface area contributed by atoms with Crippen molar-refractivity contribution in [2.75, 3.05) is 13.7 Å². The second-order valence-electron chi connectivity index (χ2n) is 6.95. The second kappa shape index (κ2) is 12.0. The van der Waals surface area contributed by atoms with Crippen molar-refractivity contribution >= 4 is 11.9 Å². The Balaban J connectivity index is 1.52. The number of nitrogens with zero attached hydrogens (tertiary/aromatic N) is 1. The van der Waals surface area contributed by atoms with E-state index in [1.54, 1.807) is 31.5 Å². The molecule has 7 nitrogen and oxygen atoms in total. The highest BCUT2D eigenvalue weighted by molar-refractivity contribution is 5.94. The van der Waals surface area contributed by atoms with Crippen molar-refractivity contribution in [2.45, 2.75) is 19.6 Å². The molecule has 1 heterocycles. The van der Waals surface area contributed by atoms with Crippen molar-refractivity contribution < 1.29 is 13.9 Å². The van der Waals surface area contributed by atoms with Crippen LogP contribution in [0.15, 0.2) is 89.0 Å². The molecule has 0 saturated heterocycles. The highest BCUT2D eigenvalue weighted by Gasteiger charge is 2.08. The molecule has 2 aromatic carbocycles. The van der Waals surface area contributed by atoms with Crippen LogP contribution in [0, 0.1) is 0 Å². The number of hydrogen-bond acceptors (Lipinski definition) is 4. The van der Waals surface area contributed by atoms with Gasteiger partial charge in [-0.15, -0.1) is 0 Å². The molecule has 3 rings (SSSR count). The van der Waals surface area contributed by atoms with Crippen LogP contribution >= 0.6 is 0 Å². The van der Waals surface area contributed by atoms with Crippen LogP contribution in [-0.2, 0) is 19.6 Å². The topological polar surface area (TPSA) is 87.9 Å². The molecule has 0 bridgehead atoms. The van der Waals surface area contributed by atoms with Gasteiger partial charge in [-0.25, -0.2) is 0 Å². The molecule has 3 N–H and O–H groups in total. The van der Waals surface area contributed by atoms with Gasteiger partial charge in [-0.1, -0.05) is 43.0 Å². The molecule has 32 heavy (non-hydrogen) atoms. The Labute approximate surface area is 188 Å². The summed E-state index contributed by atoms with van der Waals surface area (Å²) in [7, 11) is 1.72. The predicted molar refractivity (Wildman–Crippen MR) is 125 cm³/mol. The average molecular weight is 433 g/mol. The van der Waals surface area contributed by atoms with Crippen LogP contribution in [0.2, 0.25) is 0 Å². The monoisotopic (exact) mass is 432 g/mol. The molecule has 0 radical (unpaired) electrons. The number of carbonyl (C=O) groups is 1. The van der Waals surface area contributed by atoms with Crippen molar-refractivity contribution in [2.24, 2.45) is 4.99 Å². The van der Waals surface area contributed by atoms with Gasteiger partial charge in [-0.3, -0.25) is 9.79 Å². The number of aliphatic imine (C=N–C) groups is 1. The van der Waals surface area contributed by atoms with Crippen molar-refractivity contribution in [3.63, 3.8) is 0 Å². The zero-order valence-electron chi connectivity index (χ0n) is 18.1. The Morgan fingerprint density at radius 2 is 1.88 bits per heavy atom. The molecule has 1 amide bonds. The van der Waals surface area contributed by atoms with Gasteiger partial charge < -0.3 is 25.1 Å². The van der Waals surface area contributed by atoms with Crippen LogP contribution in [0.1, 0.15) is 27.2 Å². The van der Waals surface area contributed by atoms with Gasteiger partial charge in [0.05, 0.1) is 12.8 Å². The van der Waals surface area contributed by atoms with Gasteiger partial charge in [0.2, 0.25) is 0 Å². The molecule has 0 aliphatic heterocycles. The van der Waals surface area contributed by atoms with Crippen LogP contribution < -0.4 is 20.7 Å². The lowest BCUT2D eigenvalue weighted by atomic mass is 10.1. The van der Waals surface area contributed by atoms with E-state index < -0.39 is 0 Å². The number of guanidine groups is 1. The first kappa shape index (κ1) is 22.7. The minimum Gasteiger partial charge on any atom is -0.489 e. The first-order valence-electron chi connectivity index (χ1n) is 10.3. The Hall–Kier alpha value is -4.00. The summed E-state index contributed by atoms with van der Waals surface area (Å²) in [5, 5.41) is 9.42. The molecule has 0 aliphatic rings. The molecule has 0 unspecified atom stereocenters. The minimum absolute atomic E-state index is 0.151. The zero-order valence-corrected chi connectivity index (χ0v) is 18.1. The molecule has 3 aromatic rings. The summed E-state index contributed by atoms with van der Waals surface area (Å²) in [4.78, 5) is 16.7. The summed E-state index contributed by atoms with van der Waals surface area (Å²) < 4.78 is 10.9. The molecule has 0 fully saturated rings. The molecule has 7 heteroatoms. The standard InChI is InChI=1S/C25H28N4O3/c1-3-13-32-23-12-5-4-9-21(23)17-29-25(26-2)28-16-19-8-6-10-20(15-19)24(30)27-18-22-11-7-14-31-22/h3-12,14-15H,1,13,16-18H2,2H3,(H,27,30)(H2,26,28,29). The smallest absolute Gasteiger partial charge is 0.251 e. The van der Waals surface area contributed by atoms with E-state index in [1.807, 2.05) is 48.5 Å². The van der Waals surface area contributed by atoms with E-state index in [2.05, 4.69) is 27.5 Å². The average Bonchev–Trinajstić information content (AvgIpc) is 3.36. The van der Waals surface area contributed by atoms with Crippen LogP contribution in [-0.4, -0.2) is 25.5 Å². The number of amides is 1. The van der Waals surface area contributed by atoms with Crippen LogP contribution in [0.4, 0.5) is 0 Å². The quantitative estimate of drug-likeness (QED) is 0.259. The number of furan rings is 1. The predicted octanol–water partition coefficient (Wildman–Crippen LogP) is 3.64. The SMILES string of the molecule is C=CCOc1ccccc1CNC(=NC)NCc1cccc(C(=O)NCc2ccco2)c1. The molecule has 0 atom stereocenters. The summed E-state index contributed by atoms with van der Waals surface area (Å²) in [6, 6.07) is 18.9. The molecule has 0 aliphatic carbocycles. The Kier molecular flexibility index (Phi) is 8.50. The van der Waals surface area contributed by atoms with E-state index in [9.17, 15) is 4.79 Å². The number of rotatable bonds is 10. The van der Waals surface area contributed by atoms with Gasteiger partial charge in [-0.05, 0) is 35.9 Å². The summed E-state index contributed by atoms with van der Waals surface area (Å²) in [6.45, 7) is 5.57. The van der Waals surface area contributed by atoms with Crippen LogP contribution in [0.25, 0.3) is 0 Å². The third-order valence-electron chi connectivity index (χ3n) is 4.65. The van der Waals surface area contributed by atoms with Crippen LogP contribution in [0.5, 0.6) is 5.75 Å². The lowest BCUT2D eigenvalue weighted by molar-refractivity contribution is 0.0948. The molecule has 1 aromatic heterocycles. The Morgan fingerprint density at radius 1 is 1.03 bits per heavy atom. The summed E-state index contributed by atoms with van der Waals surface area (Å²) in [6.07, 6.45) is 3.30. The van der Waals surface area contributed by atoms with E-state index in [1.165, 1.54) is 0 Å². The fourth-order valence-electron chi connectivity index (χ4n) is 3.03. The normalized spacial score (nSPS) is 11.0. The van der Waals surface area contributed by atoms with Gasteiger partial charge in [0.15, 0.2) is 5.96 Å². The third kappa shape index (κ3) is 6.77. The first-order chi connectivity index (χ1) is 15.7. The largest absolute Gasteiger partial charge is 0.489 e. The van der Waals surface area contributed by atoms with E-state index in [-0.39, 0.29) is 5.91 Å². The summed E-state index contributed by atoms with van der Waals surface area (Å²) in [5.41, 5.74) is 2.58. The van der Waals surface area contributed by atoms with E-state index in [0.717, 1.165) is 16.9 Å². The Morgan fingerprint density at radius 3 is 2.66 bits per heavy atom.